The Morgan fingerprint density at radius 3 is 2.72 bits per heavy atom. The number of aryl methyl sites for hydroxylation is 1. The maximum atomic E-state index is 11.0. The Labute approximate surface area is 105 Å². The molecule has 0 saturated carbocycles. The molecule has 1 aromatic carbocycles. The molecule has 1 N–H and O–H groups in total. The molecule has 0 saturated heterocycles. The number of hydrogen-bond donors (Lipinski definition) is 1. The summed E-state index contributed by atoms with van der Waals surface area (Å²) < 4.78 is 0. The van der Waals surface area contributed by atoms with Crippen LogP contribution in [0.15, 0.2) is 47.5 Å². The Bertz CT molecular complexity index is 606. The third-order valence-corrected chi connectivity index (χ3v) is 2.40. The summed E-state index contributed by atoms with van der Waals surface area (Å²) in [7, 11) is 0. The summed E-state index contributed by atoms with van der Waals surface area (Å²) in [6.45, 7) is 1.88. The van der Waals surface area contributed by atoms with Crippen molar-refractivity contribution in [3.63, 3.8) is 0 Å². The third kappa shape index (κ3) is 2.79. The van der Waals surface area contributed by atoms with Gasteiger partial charge in [0.25, 0.3) is 0 Å². The van der Waals surface area contributed by atoms with Crippen LogP contribution < -0.4 is 0 Å². The van der Waals surface area contributed by atoms with E-state index < -0.39 is 5.97 Å². The summed E-state index contributed by atoms with van der Waals surface area (Å²) >= 11 is 0. The summed E-state index contributed by atoms with van der Waals surface area (Å²) in [4.78, 5) is 19.4. The van der Waals surface area contributed by atoms with Crippen LogP contribution in [0.2, 0.25) is 0 Å². The Morgan fingerprint density at radius 1 is 1.22 bits per heavy atom. The minimum Gasteiger partial charge on any atom is -0.478 e. The molecule has 0 aliphatic heterocycles. The van der Waals surface area contributed by atoms with E-state index in [0.717, 1.165) is 5.69 Å². The van der Waals surface area contributed by atoms with Crippen molar-refractivity contribution in [2.75, 3.05) is 0 Å². The lowest BCUT2D eigenvalue weighted by atomic mass is 10.1. The predicted molar refractivity (Wildman–Crippen MR) is 69.6 cm³/mol. The molecule has 0 fully saturated rings. The van der Waals surface area contributed by atoms with Gasteiger partial charge < -0.3 is 5.11 Å². The van der Waals surface area contributed by atoms with Gasteiger partial charge in [0.15, 0.2) is 5.82 Å². The molecule has 0 spiro atoms. The number of carbonyl (C=O) groups is 1. The summed E-state index contributed by atoms with van der Waals surface area (Å²) in [5, 5.41) is 9.03. The van der Waals surface area contributed by atoms with Crippen LogP contribution in [-0.2, 0) is 0 Å². The van der Waals surface area contributed by atoms with E-state index in [1.165, 1.54) is 6.21 Å². The Kier molecular flexibility index (Phi) is 3.48. The smallest absolute Gasteiger partial charge is 0.336 e. The number of benzene rings is 1. The van der Waals surface area contributed by atoms with Crippen molar-refractivity contribution < 1.29 is 9.90 Å². The largest absolute Gasteiger partial charge is 0.478 e. The van der Waals surface area contributed by atoms with Crippen LogP contribution in [0, 0.1) is 6.92 Å². The molecule has 1 aromatic heterocycles. The SMILES string of the molecule is Cc1cccc(N=Cc2ccccc2C(=O)O)n1. The van der Waals surface area contributed by atoms with Gasteiger partial charge in [-0.1, -0.05) is 24.3 Å². The summed E-state index contributed by atoms with van der Waals surface area (Å²) in [6, 6.07) is 12.2. The molecule has 90 valence electrons. The van der Waals surface area contributed by atoms with Crippen molar-refractivity contribution in [3.05, 3.63) is 59.3 Å². The van der Waals surface area contributed by atoms with Gasteiger partial charge in [-0.05, 0) is 25.1 Å². The van der Waals surface area contributed by atoms with Gasteiger partial charge in [-0.3, -0.25) is 0 Å². The lowest BCUT2D eigenvalue weighted by Gasteiger charge is -1.99. The van der Waals surface area contributed by atoms with Crippen LogP contribution in [0.5, 0.6) is 0 Å². The first-order valence-corrected chi connectivity index (χ1v) is 5.47. The second-order valence-corrected chi connectivity index (χ2v) is 3.79. The minimum absolute atomic E-state index is 0.230. The van der Waals surface area contributed by atoms with Crippen molar-refractivity contribution in [1.82, 2.24) is 4.98 Å². The molecule has 0 aliphatic carbocycles. The van der Waals surface area contributed by atoms with Crippen molar-refractivity contribution in [2.24, 2.45) is 4.99 Å². The first kappa shape index (κ1) is 12.0. The fourth-order valence-electron chi connectivity index (χ4n) is 1.54. The molecule has 4 nitrogen and oxygen atoms in total. The first-order chi connectivity index (χ1) is 8.66. The van der Waals surface area contributed by atoms with Crippen LogP contribution in [0.4, 0.5) is 5.82 Å². The average molecular weight is 240 g/mol. The Hall–Kier alpha value is -2.49. The summed E-state index contributed by atoms with van der Waals surface area (Å²) in [6.07, 6.45) is 1.52. The molecule has 2 aromatic rings. The Balaban J connectivity index is 2.32. The number of aromatic nitrogens is 1. The molecular weight excluding hydrogens is 228 g/mol. The molecule has 0 radical (unpaired) electrons. The molecule has 4 heteroatoms. The topological polar surface area (TPSA) is 62.5 Å². The number of pyridine rings is 1. The fraction of sp³-hybridized carbons (Fsp3) is 0.0714. The van der Waals surface area contributed by atoms with Crippen molar-refractivity contribution >= 4 is 18.0 Å². The number of rotatable bonds is 3. The van der Waals surface area contributed by atoms with Gasteiger partial charge >= 0.3 is 5.97 Å². The zero-order chi connectivity index (χ0) is 13.0. The highest BCUT2D eigenvalue weighted by atomic mass is 16.4. The molecule has 0 unspecified atom stereocenters. The minimum atomic E-state index is -0.964. The van der Waals surface area contributed by atoms with Gasteiger partial charge in [0.05, 0.1) is 5.56 Å². The number of carboxylic acids is 1. The van der Waals surface area contributed by atoms with Gasteiger partial charge in [-0.25, -0.2) is 14.8 Å². The van der Waals surface area contributed by atoms with Gasteiger partial charge in [0.1, 0.15) is 0 Å². The van der Waals surface area contributed by atoms with Crippen molar-refractivity contribution in [2.45, 2.75) is 6.92 Å². The fourth-order valence-corrected chi connectivity index (χ4v) is 1.54. The van der Waals surface area contributed by atoms with E-state index in [2.05, 4.69) is 9.98 Å². The van der Waals surface area contributed by atoms with E-state index in [-0.39, 0.29) is 5.56 Å². The third-order valence-electron chi connectivity index (χ3n) is 2.40. The van der Waals surface area contributed by atoms with Crippen molar-refractivity contribution in [1.29, 1.82) is 0 Å². The molecule has 2 rings (SSSR count). The average Bonchev–Trinajstić information content (AvgIpc) is 2.37. The van der Waals surface area contributed by atoms with Crippen LogP contribution in [0.3, 0.4) is 0 Å². The number of carboxylic acid groups (broad SMARTS) is 1. The summed E-state index contributed by atoms with van der Waals surface area (Å²) in [5.74, 6) is -0.399. The molecule has 0 bridgehead atoms. The lowest BCUT2D eigenvalue weighted by molar-refractivity contribution is 0.0697. The highest BCUT2D eigenvalue weighted by molar-refractivity contribution is 5.98. The Morgan fingerprint density at radius 2 is 2.00 bits per heavy atom. The number of hydrogen-bond acceptors (Lipinski definition) is 3. The molecule has 0 amide bonds. The van der Waals surface area contributed by atoms with E-state index in [1.54, 1.807) is 30.3 Å². The first-order valence-electron chi connectivity index (χ1n) is 5.47. The van der Waals surface area contributed by atoms with Gasteiger partial charge in [0.2, 0.25) is 0 Å². The van der Waals surface area contributed by atoms with Crippen LogP contribution >= 0.6 is 0 Å². The highest BCUT2D eigenvalue weighted by Crippen LogP contribution is 2.10. The van der Waals surface area contributed by atoms with Gasteiger partial charge in [0, 0.05) is 17.5 Å². The molecule has 18 heavy (non-hydrogen) atoms. The molecule has 0 aliphatic rings. The van der Waals surface area contributed by atoms with E-state index in [9.17, 15) is 4.79 Å². The van der Waals surface area contributed by atoms with Gasteiger partial charge in [-0.2, -0.15) is 0 Å². The second kappa shape index (κ2) is 5.23. The molecule has 0 atom stereocenters. The lowest BCUT2D eigenvalue weighted by Crippen LogP contribution is -2.01. The number of aromatic carboxylic acids is 1. The van der Waals surface area contributed by atoms with Crippen LogP contribution in [-0.4, -0.2) is 22.3 Å². The van der Waals surface area contributed by atoms with Gasteiger partial charge in [-0.15, -0.1) is 0 Å². The molecule has 1 heterocycles. The van der Waals surface area contributed by atoms with Crippen LogP contribution in [0.25, 0.3) is 0 Å². The van der Waals surface area contributed by atoms with E-state index in [1.807, 2.05) is 19.1 Å². The standard InChI is InChI=1S/C14H12N2O2/c1-10-5-4-8-13(16-10)15-9-11-6-2-3-7-12(11)14(17)18/h2-9H,1H3,(H,17,18). The predicted octanol–water partition coefficient (Wildman–Crippen LogP) is 2.84. The zero-order valence-corrected chi connectivity index (χ0v) is 9.87. The van der Waals surface area contributed by atoms with Crippen molar-refractivity contribution in [3.8, 4) is 0 Å². The van der Waals surface area contributed by atoms with E-state index in [0.29, 0.717) is 11.4 Å². The zero-order valence-electron chi connectivity index (χ0n) is 9.87. The quantitative estimate of drug-likeness (QED) is 0.839. The highest BCUT2D eigenvalue weighted by Gasteiger charge is 2.06. The van der Waals surface area contributed by atoms with E-state index in [4.69, 9.17) is 5.11 Å². The monoisotopic (exact) mass is 240 g/mol. The molecular formula is C14H12N2O2. The summed E-state index contributed by atoms with van der Waals surface area (Å²) in [5.41, 5.74) is 1.67. The van der Waals surface area contributed by atoms with Crippen LogP contribution in [0.1, 0.15) is 21.6 Å². The van der Waals surface area contributed by atoms with E-state index >= 15 is 0 Å². The second-order valence-electron chi connectivity index (χ2n) is 3.79. The number of nitrogens with zero attached hydrogens (tertiary/aromatic N) is 2. The maximum absolute atomic E-state index is 11.0. The number of aliphatic imine (C=N–C) groups is 1. The maximum Gasteiger partial charge on any atom is 0.336 e. The normalized spacial score (nSPS) is 10.7.